The molecule has 0 saturated heterocycles. The Kier molecular flexibility index (Phi) is 5.50. The van der Waals surface area contributed by atoms with Crippen molar-refractivity contribution in [2.45, 2.75) is 46.4 Å². The molecule has 0 heterocycles. The van der Waals surface area contributed by atoms with Crippen LogP contribution in [0.25, 0.3) is 0 Å². The number of alkyl halides is 1. The number of carbonyl (C=O) groups excluding carboxylic acids is 1. The molecule has 0 saturated carbocycles. The number of rotatable bonds is 4. The lowest BCUT2D eigenvalue weighted by Gasteiger charge is -2.22. The second-order valence-corrected chi connectivity index (χ2v) is 5.88. The highest BCUT2D eigenvalue weighted by molar-refractivity contribution is 6.20. The van der Waals surface area contributed by atoms with E-state index in [2.05, 4.69) is 26.1 Å². The highest BCUT2D eigenvalue weighted by Crippen LogP contribution is 2.23. The van der Waals surface area contributed by atoms with E-state index in [0.29, 0.717) is 6.54 Å². The molecule has 1 amide bonds. The van der Waals surface area contributed by atoms with Crippen molar-refractivity contribution in [1.29, 1.82) is 0 Å². The zero-order valence-electron chi connectivity index (χ0n) is 9.86. The Morgan fingerprint density at radius 1 is 1.36 bits per heavy atom. The van der Waals surface area contributed by atoms with Gasteiger partial charge in [0, 0.05) is 12.5 Å². The summed E-state index contributed by atoms with van der Waals surface area (Å²) >= 11 is 6.10. The zero-order valence-corrected chi connectivity index (χ0v) is 10.6. The monoisotopic (exact) mass is 219 g/mol. The quantitative estimate of drug-likeness (QED) is 0.724. The summed E-state index contributed by atoms with van der Waals surface area (Å²) in [6.07, 6.45) is 0.910. The molecule has 0 aliphatic heterocycles. The van der Waals surface area contributed by atoms with Crippen molar-refractivity contribution in [2.75, 3.05) is 6.54 Å². The minimum absolute atomic E-state index is 0.0256. The lowest BCUT2D eigenvalue weighted by Crippen LogP contribution is -2.34. The van der Waals surface area contributed by atoms with Crippen LogP contribution in [-0.4, -0.2) is 17.8 Å². The van der Waals surface area contributed by atoms with Crippen molar-refractivity contribution in [2.24, 2.45) is 11.3 Å². The van der Waals surface area contributed by atoms with Gasteiger partial charge in [-0.05, 0) is 11.8 Å². The molecule has 0 aliphatic rings. The zero-order chi connectivity index (χ0) is 11.4. The molecular weight excluding hydrogens is 198 g/mol. The minimum Gasteiger partial charge on any atom is -0.354 e. The summed E-state index contributed by atoms with van der Waals surface area (Å²) in [5.41, 5.74) is 0.217. The van der Waals surface area contributed by atoms with E-state index in [4.69, 9.17) is 11.6 Å². The molecule has 0 aromatic rings. The average Bonchev–Trinajstić information content (AvgIpc) is 1.96. The van der Waals surface area contributed by atoms with Gasteiger partial charge < -0.3 is 5.32 Å². The van der Waals surface area contributed by atoms with Crippen LogP contribution in [0.4, 0.5) is 0 Å². The Morgan fingerprint density at radius 3 is 2.21 bits per heavy atom. The van der Waals surface area contributed by atoms with Crippen LogP contribution in [0.1, 0.15) is 41.0 Å². The highest BCUT2D eigenvalue weighted by atomic mass is 35.5. The van der Waals surface area contributed by atoms with Gasteiger partial charge in [-0.1, -0.05) is 34.6 Å². The molecular formula is C11H22ClNO. The molecule has 1 unspecified atom stereocenters. The van der Waals surface area contributed by atoms with E-state index >= 15 is 0 Å². The van der Waals surface area contributed by atoms with Crippen molar-refractivity contribution in [3.8, 4) is 0 Å². The Balaban J connectivity index is 3.75. The molecule has 84 valence electrons. The van der Waals surface area contributed by atoms with Crippen molar-refractivity contribution < 1.29 is 4.79 Å². The van der Waals surface area contributed by atoms with Gasteiger partial charge in [0.25, 0.3) is 0 Å². The molecule has 0 rings (SSSR count). The summed E-state index contributed by atoms with van der Waals surface area (Å²) in [4.78, 5) is 11.2. The van der Waals surface area contributed by atoms with Gasteiger partial charge in [-0.3, -0.25) is 4.79 Å². The first-order valence-corrected chi connectivity index (χ1v) is 5.58. The van der Waals surface area contributed by atoms with Crippen LogP contribution in [-0.2, 0) is 4.79 Å². The van der Waals surface area contributed by atoms with Crippen LogP contribution in [0.3, 0.4) is 0 Å². The maximum absolute atomic E-state index is 11.2. The number of halogens is 1. The third-order valence-electron chi connectivity index (χ3n) is 1.86. The summed E-state index contributed by atoms with van der Waals surface area (Å²) in [5.74, 6) is 0.109. The van der Waals surface area contributed by atoms with Crippen molar-refractivity contribution >= 4 is 17.5 Å². The van der Waals surface area contributed by atoms with Gasteiger partial charge in [-0.25, -0.2) is 0 Å². The largest absolute Gasteiger partial charge is 0.354 e. The van der Waals surface area contributed by atoms with Gasteiger partial charge in [-0.2, -0.15) is 0 Å². The summed E-state index contributed by atoms with van der Waals surface area (Å²) in [5, 5.41) is 2.86. The molecule has 0 aromatic carbocycles. The van der Waals surface area contributed by atoms with E-state index in [1.807, 2.05) is 13.8 Å². The minimum atomic E-state index is 0.0256. The molecule has 14 heavy (non-hydrogen) atoms. The van der Waals surface area contributed by atoms with E-state index in [1.54, 1.807) is 0 Å². The van der Waals surface area contributed by atoms with Crippen LogP contribution in [0.15, 0.2) is 0 Å². The summed E-state index contributed by atoms with van der Waals surface area (Å²) < 4.78 is 0. The third kappa shape index (κ3) is 7.19. The number of carbonyl (C=O) groups is 1. The second kappa shape index (κ2) is 5.59. The first-order chi connectivity index (χ1) is 6.22. The number of amides is 1. The Morgan fingerprint density at radius 2 is 1.86 bits per heavy atom. The average molecular weight is 220 g/mol. The molecule has 1 N–H and O–H groups in total. The smallest absolute Gasteiger partial charge is 0.222 e. The van der Waals surface area contributed by atoms with Gasteiger partial charge >= 0.3 is 0 Å². The van der Waals surface area contributed by atoms with Gasteiger partial charge in [0.15, 0.2) is 0 Å². The van der Waals surface area contributed by atoms with Gasteiger partial charge in [0.2, 0.25) is 5.91 Å². The van der Waals surface area contributed by atoms with Crippen molar-refractivity contribution in [3.63, 3.8) is 0 Å². The molecule has 3 heteroatoms. The number of hydrogen-bond donors (Lipinski definition) is 1. The van der Waals surface area contributed by atoms with Gasteiger partial charge in [0.1, 0.15) is 0 Å². The number of hydrogen-bond acceptors (Lipinski definition) is 1. The molecule has 2 nitrogen and oxygen atoms in total. The lowest BCUT2D eigenvalue weighted by molar-refractivity contribution is -0.123. The van der Waals surface area contributed by atoms with Crippen molar-refractivity contribution in [1.82, 2.24) is 5.32 Å². The third-order valence-corrected chi connectivity index (χ3v) is 2.16. The maximum Gasteiger partial charge on any atom is 0.222 e. The second-order valence-electron chi connectivity index (χ2n) is 5.26. The van der Waals surface area contributed by atoms with Gasteiger partial charge in [0.05, 0.1) is 5.38 Å². The van der Waals surface area contributed by atoms with E-state index in [1.165, 1.54) is 0 Å². The van der Waals surface area contributed by atoms with Gasteiger partial charge in [-0.15, -0.1) is 11.6 Å². The lowest BCUT2D eigenvalue weighted by atomic mass is 9.90. The van der Waals surface area contributed by atoms with Crippen LogP contribution >= 0.6 is 11.6 Å². The predicted molar refractivity (Wildman–Crippen MR) is 61.6 cm³/mol. The van der Waals surface area contributed by atoms with Crippen molar-refractivity contribution in [3.05, 3.63) is 0 Å². The SMILES string of the molecule is CC(C)C(=O)NCC(Cl)CC(C)(C)C. The number of nitrogens with one attached hydrogen (secondary N) is 1. The molecule has 0 aromatic heterocycles. The fourth-order valence-corrected chi connectivity index (χ4v) is 1.69. The summed E-state index contributed by atoms with van der Waals surface area (Å²) in [7, 11) is 0. The molecule has 1 atom stereocenters. The Labute approximate surface area is 92.4 Å². The van der Waals surface area contributed by atoms with E-state index in [0.717, 1.165) is 6.42 Å². The molecule has 0 aliphatic carbocycles. The van der Waals surface area contributed by atoms with E-state index < -0.39 is 0 Å². The standard InChI is InChI=1S/C11H22ClNO/c1-8(2)10(14)13-7-9(12)6-11(3,4)5/h8-9H,6-7H2,1-5H3,(H,13,14). The fourth-order valence-electron chi connectivity index (χ4n) is 1.15. The van der Waals surface area contributed by atoms with Crippen LogP contribution in [0.2, 0.25) is 0 Å². The first kappa shape index (κ1) is 13.8. The van der Waals surface area contributed by atoms with Crippen LogP contribution in [0, 0.1) is 11.3 Å². The molecule has 0 fully saturated rings. The molecule has 0 bridgehead atoms. The van der Waals surface area contributed by atoms with Crippen LogP contribution < -0.4 is 5.32 Å². The topological polar surface area (TPSA) is 29.1 Å². The normalized spacial score (nSPS) is 14.2. The van der Waals surface area contributed by atoms with E-state index in [-0.39, 0.29) is 22.6 Å². The van der Waals surface area contributed by atoms with E-state index in [9.17, 15) is 4.79 Å². The molecule has 0 spiro atoms. The molecule has 0 radical (unpaired) electrons. The first-order valence-electron chi connectivity index (χ1n) is 5.14. The maximum atomic E-state index is 11.2. The predicted octanol–water partition coefficient (Wildman–Crippen LogP) is 2.80. The highest BCUT2D eigenvalue weighted by Gasteiger charge is 2.17. The van der Waals surface area contributed by atoms with Crippen LogP contribution in [0.5, 0.6) is 0 Å². The Hall–Kier alpha value is -0.240. The Bertz CT molecular complexity index is 184. The summed E-state index contributed by atoms with van der Waals surface area (Å²) in [6, 6.07) is 0. The summed E-state index contributed by atoms with van der Waals surface area (Å²) in [6.45, 7) is 10.8. The fraction of sp³-hybridized carbons (Fsp3) is 0.909.